The normalized spacial score (nSPS) is 11.1. The number of carbonyl (C=O) groups excluding carboxylic acids is 1. The molecule has 0 aromatic carbocycles. The molecule has 0 unspecified atom stereocenters. The molecule has 5 nitrogen and oxygen atoms in total. The van der Waals surface area contributed by atoms with Crippen molar-refractivity contribution in [1.29, 1.82) is 0 Å². The molecular weight excluding hydrogens is 291 g/mol. The van der Waals surface area contributed by atoms with Crippen molar-refractivity contribution in [3.8, 4) is 11.6 Å². The zero-order chi connectivity index (χ0) is 14.6. The van der Waals surface area contributed by atoms with E-state index >= 15 is 0 Å². The number of ether oxygens (including phenoxy) is 3. The Hall–Kier alpha value is -1.70. The molecule has 1 aromatic heterocycles. The Balaban J connectivity index is 3.41. The van der Waals surface area contributed by atoms with Crippen molar-refractivity contribution in [2.75, 3.05) is 14.2 Å². The first-order valence-electron chi connectivity index (χ1n) is 4.80. The van der Waals surface area contributed by atoms with E-state index in [1.165, 1.54) is 0 Å². The first-order chi connectivity index (χ1) is 8.82. The average molecular weight is 300 g/mol. The number of hydrogen-bond donors (Lipinski definition) is 0. The third-order valence-electron chi connectivity index (χ3n) is 1.95. The van der Waals surface area contributed by atoms with Crippen LogP contribution in [0.4, 0.5) is 13.2 Å². The average Bonchev–Trinajstić information content (AvgIpc) is 2.34. The van der Waals surface area contributed by atoms with Crippen LogP contribution in [0.2, 0.25) is 0 Å². The standard InChI is InChI=1S/C10H9ClF3NO4/c1-17-8-7(9(16)18-2)6(19-10(12,13)14)3-5(4-11)15-8/h3H,4H2,1-2H3. The molecule has 0 saturated carbocycles. The van der Waals surface area contributed by atoms with Crippen molar-refractivity contribution in [3.63, 3.8) is 0 Å². The number of alkyl halides is 4. The minimum Gasteiger partial charge on any atom is -0.480 e. The zero-order valence-electron chi connectivity index (χ0n) is 9.88. The number of hydrogen-bond acceptors (Lipinski definition) is 5. The number of rotatable bonds is 4. The summed E-state index contributed by atoms with van der Waals surface area (Å²) in [5.41, 5.74) is -0.499. The van der Waals surface area contributed by atoms with Gasteiger partial charge in [0.1, 0.15) is 0 Å². The Morgan fingerprint density at radius 1 is 1.42 bits per heavy atom. The molecule has 0 aliphatic carbocycles. The van der Waals surface area contributed by atoms with Gasteiger partial charge >= 0.3 is 12.3 Å². The van der Waals surface area contributed by atoms with E-state index in [0.29, 0.717) is 0 Å². The third kappa shape index (κ3) is 3.88. The van der Waals surface area contributed by atoms with E-state index in [1.807, 2.05) is 0 Å². The summed E-state index contributed by atoms with van der Waals surface area (Å²) in [5.74, 6) is -2.37. The lowest BCUT2D eigenvalue weighted by Crippen LogP contribution is -2.20. The molecule has 0 N–H and O–H groups in total. The Labute approximate surface area is 111 Å². The van der Waals surface area contributed by atoms with Gasteiger partial charge in [-0.3, -0.25) is 0 Å². The third-order valence-corrected chi connectivity index (χ3v) is 2.22. The Morgan fingerprint density at radius 3 is 2.47 bits per heavy atom. The number of pyridine rings is 1. The molecule has 0 amide bonds. The quantitative estimate of drug-likeness (QED) is 0.631. The molecule has 19 heavy (non-hydrogen) atoms. The van der Waals surface area contributed by atoms with Crippen LogP contribution in [0.3, 0.4) is 0 Å². The lowest BCUT2D eigenvalue weighted by atomic mass is 10.2. The number of esters is 1. The maximum Gasteiger partial charge on any atom is 0.573 e. The van der Waals surface area contributed by atoms with Gasteiger partial charge in [-0.05, 0) is 0 Å². The van der Waals surface area contributed by atoms with Gasteiger partial charge in [-0.2, -0.15) is 0 Å². The highest BCUT2D eigenvalue weighted by Gasteiger charge is 2.35. The summed E-state index contributed by atoms with van der Waals surface area (Å²) in [7, 11) is 2.15. The van der Waals surface area contributed by atoms with Crippen LogP contribution in [0.5, 0.6) is 11.6 Å². The van der Waals surface area contributed by atoms with Gasteiger partial charge in [0, 0.05) is 6.07 Å². The van der Waals surface area contributed by atoms with Gasteiger partial charge in [-0.25, -0.2) is 9.78 Å². The van der Waals surface area contributed by atoms with E-state index in [9.17, 15) is 18.0 Å². The Kier molecular flexibility index (Phi) is 4.82. The lowest BCUT2D eigenvalue weighted by molar-refractivity contribution is -0.274. The highest BCUT2D eigenvalue weighted by molar-refractivity contribution is 6.17. The fourth-order valence-electron chi connectivity index (χ4n) is 1.26. The van der Waals surface area contributed by atoms with Crippen LogP contribution in [0.15, 0.2) is 6.07 Å². The highest BCUT2D eigenvalue weighted by Crippen LogP contribution is 2.33. The molecule has 1 aromatic rings. The monoisotopic (exact) mass is 299 g/mol. The Bertz CT molecular complexity index is 479. The van der Waals surface area contributed by atoms with Crippen LogP contribution in [0.1, 0.15) is 16.1 Å². The molecule has 0 fully saturated rings. The molecule has 0 atom stereocenters. The number of carbonyl (C=O) groups is 1. The molecule has 0 spiro atoms. The van der Waals surface area contributed by atoms with E-state index in [4.69, 9.17) is 16.3 Å². The summed E-state index contributed by atoms with van der Waals surface area (Å²) in [6.07, 6.45) is -4.97. The molecular formula is C10H9ClF3NO4. The van der Waals surface area contributed by atoms with Crippen LogP contribution >= 0.6 is 11.6 Å². The zero-order valence-corrected chi connectivity index (χ0v) is 10.6. The van der Waals surface area contributed by atoms with Gasteiger partial charge in [0.25, 0.3) is 0 Å². The van der Waals surface area contributed by atoms with Gasteiger partial charge in [-0.1, -0.05) is 0 Å². The van der Waals surface area contributed by atoms with Gasteiger partial charge in [0.15, 0.2) is 11.3 Å². The van der Waals surface area contributed by atoms with Crippen LogP contribution in [-0.2, 0) is 10.6 Å². The van der Waals surface area contributed by atoms with E-state index in [-0.39, 0.29) is 17.5 Å². The van der Waals surface area contributed by atoms with E-state index < -0.39 is 23.6 Å². The second-order valence-electron chi connectivity index (χ2n) is 3.17. The second kappa shape index (κ2) is 5.96. The summed E-state index contributed by atoms with van der Waals surface area (Å²) in [4.78, 5) is 15.2. The SMILES string of the molecule is COC(=O)c1c(OC(F)(F)F)cc(CCl)nc1OC. The Morgan fingerprint density at radius 2 is 2.05 bits per heavy atom. The van der Waals surface area contributed by atoms with Gasteiger partial charge in [0.2, 0.25) is 5.88 Å². The highest BCUT2D eigenvalue weighted by atomic mass is 35.5. The van der Waals surface area contributed by atoms with E-state index in [0.717, 1.165) is 20.3 Å². The number of methoxy groups -OCH3 is 2. The van der Waals surface area contributed by atoms with E-state index in [2.05, 4.69) is 14.5 Å². The first-order valence-corrected chi connectivity index (χ1v) is 5.33. The van der Waals surface area contributed by atoms with Gasteiger partial charge < -0.3 is 14.2 Å². The predicted molar refractivity (Wildman–Crippen MR) is 58.4 cm³/mol. The van der Waals surface area contributed by atoms with Crippen molar-refractivity contribution < 1.29 is 32.2 Å². The van der Waals surface area contributed by atoms with Crippen LogP contribution < -0.4 is 9.47 Å². The summed E-state index contributed by atoms with van der Waals surface area (Å²) in [6, 6.07) is 0.898. The van der Waals surface area contributed by atoms with Crippen molar-refractivity contribution >= 4 is 17.6 Å². The first kappa shape index (κ1) is 15.4. The maximum absolute atomic E-state index is 12.3. The summed E-state index contributed by atoms with van der Waals surface area (Å²) in [6.45, 7) is 0. The molecule has 0 saturated heterocycles. The summed E-state index contributed by atoms with van der Waals surface area (Å²) in [5, 5.41) is 0. The topological polar surface area (TPSA) is 57.7 Å². The summed E-state index contributed by atoms with van der Waals surface area (Å²) < 4.78 is 49.8. The van der Waals surface area contributed by atoms with Crippen molar-refractivity contribution in [3.05, 3.63) is 17.3 Å². The summed E-state index contributed by atoms with van der Waals surface area (Å²) >= 11 is 5.49. The number of nitrogens with zero attached hydrogens (tertiary/aromatic N) is 1. The largest absolute Gasteiger partial charge is 0.573 e. The lowest BCUT2D eigenvalue weighted by Gasteiger charge is -2.15. The fraction of sp³-hybridized carbons (Fsp3) is 0.400. The molecule has 9 heteroatoms. The minimum atomic E-state index is -4.97. The second-order valence-corrected chi connectivity index (χ2v) is 3.44. The molecule has 106 valence electrons. The molecule has 0 radical (unpaired) electrons. The van der Waals surface area contributed by atoms with Crippen molar-refractivity contribution in [1.82, 2.24) is 4.98 Å². The molecule has 0 bridgehead atoms. The molecule has 0 aliphatic heterocycles. The van der Waals surface area contributed by atoms with Gasteiger partial charge in [-0.15, -0.1) is 24.8 Å². The van der Waals surface area contributed by atoms with E-state index in [1.54, 1.807) is 0 Å². The molecule has 1 rings (SSSR count). The van der Waals surface area contributed by atoms with Crippen LogP contribution in [0.25, 0.3) is 0 Å². The molecule has 0 aliphatic rings. The van der Waals surface area contributed by atoms with Crippen molar-refractivity contribution in [2.24, 2.45) is 0 Å². The number of aromatic nitrogens is 1. The maximum atomic E-state index is 12.3. The van der Waals surface area contributed by atoms with Crippen LogP contribution in [-0.4, -0.2) is 31.5 Å². The van der Waals surface area contributed by atoms with Crippen LogP contribution in [0, 0.1) is 0 Å². The van der Waals surface area contributed by atoms with Gasteiger partial charge in [0.05, 0.1) is 25.8 Å². The van der Waals surface area contributed by atoms with Crippen molar-refractivity contribution in [2.45, 2.75) is 12.2 Å². The number of halogens is 4. The minimum absolute atomic E-state index is 0.0606. The molecule has 1 heterocycles. The smallest absolute Gasteiger partial charge is 0.480 e. The predicted octanol–water partition coefficient (Wildman–Crippen LogP) is 2.51. The fourth-order valence-corrected chi connectivity index (χ4v) is 1.40.